The van der Waals surface area contributed by atoms with Gasteiger partial charge in [-0.3, -0.25) is 9.59 Å². The van der Waals surface area contributed by atoms with E-state index in [1.54, 1.807) is 25.3 Å². The van der Waals surface area contributed by atoms with Crippen molar-refractivity contribution in [2.45, 2.75) is 38.2 Å². The molecule has 1 aromatic rings. The van der Waals surface area contributed by atoms with Crippen LogP contribution in [0, 0.1) is 0 Å². The van der Waals surface area contributed by atoms with Gasteiger partial charge in [0.15, 0.2) is 6.10 Å². The Balaban J connectivity index is 0.000000352. The number of likely N-dealkylation sites (tertiary alicyclic amines) is 1. The Hall–Kier alpha value is -1.21. The van der Waals surface area contributed by atoms with Crippen molar-refractivity contribution >= 4 is 46.6 Å². The second kappa shape index (κ2) is 14.7. The summed E-state index contributed by atoms with van der Waals surface area (Å²) in [7, 11) is 3.08. The smallest absolute Gasteiger partial charge is 0.253 e. The molecule has 1 aromatic carbocycles. The summed E-state index contributed by atoms with van der Waals surface area (Å²) in [5.41, 5.74) is 0. The van der Waals surface area contributed by atoms with E-state index < -0.39 is 6.10 Å². The van der Waals surface area contributed by atoms with Crippen LogP contribution in [0.3, 0.4) is 0 Å². The third-order valence-corrected chi connectivity index (χ3v) is 5.38. The maximum absolute atomic E-state index is 12.2. The molecule has 0 radical (unpaired) electrons. The number of nitrogens with zero attached hydrogens (tertiary/aromatic N) is 1. The van der Waals surface area contributed by atoms with Crippen molar-refractivity contribution in [3.05, 3.63) is 28.2 Å². The van der Waals surface area contributed by atoms with E-state index in [0.29, 0.717) is 28.8 Å². The Kier molecular flexibility index (Phi) is 13.1. The molecular weight excluding hydrogens is 439 g/mol. The summed E-state index contributed by atoms with van der Waals surface area (Å²) in [6.07, 6.45) is 3.71. The standard InChI is InChI=1S/C13H23ClN2O3.C7H6Cl2O/c1-19-11(10-15-12(17)6-5-7-14)13(18)16-8-3-2-4-9-16;1-10-5-2-3-6(8)7(9)4-5/h11H,2-10H2,1H3,(H,15,17);2-4H,1H3. The fourth-order valence-corrected chi connectivity index (χ4v) is 3.14. The number of halogens is 3. The van der Waals surface area contributed by atoms with Crippen LogP contribution in [0.5, 0.6) is 5.75 Å². The van der Waals surface area contributed by atoms with Crippen LogP contribution in [-0.2, 0) is 14.3 Å². The molecule has 2 amide bonds. The summed E-state index contributed by atoms with van der Waals surface area (Å²) in [6.45, 7) is 1.81. The Bertz CT molecular complexity index is 640. The number of carbonyl (C=O) groups is 2. The maximum atomic E-state index is 12.2. The van der Waals surface area contributed by atoms with Crippen molar-refractivity contribution in [2.75, 3.05) is 39.7 Å². The highest BCUT2D eigenvalue weighted by atomic mass is 35.5. The quantitative estimate of drug-likeness (QED) is 0.583. The summed E-state index contributed by atoms with van der Waals surface area (Å²) >= 11 is 16.9. The summed E-state index contributed by atoms with van der Waals surface area (Å²) in [5, 5.41) is 3.78. The van der Waals surface area contributed by atoms with Crippen molar-refractivity contribution < 1.29 is 19.1 Å². The molecule has 1 atom stereocenters. The lowest BCUT2D eigenvalue weighted by Crippen LogP contribution is -2.47. The maximum Gasteiger partial charge on any atom is 0.253 e. The molecule has 0 bridgehead atoms. The van der Waals surface area contributed by atoms with Crippen LogP contribution in [0.1, 0.15) is 32.1 Å². The Morgan fingerprint density at radius 2 is 1.83 bits per heavy atom. The average molecular weight is 468 g/mol. The number of hydrogen-bond acceptors (Lipinski definition) is 4. The molecule has 1 aliphatic rings. The number of benzene rings is 1. The third-order valence-electron chi connectivity index (χ3n) is 4.38. The Morgan fingerprint density at radius 1 is 1.14 bits per heavy atom. The first-order chi connectivity index (χ1) is 13.9. The minimum atomic E-state index is -0.585. The monoisotopic (exact) mass is 466 g/mol. The number of nitrogens with one attached hydrogen (secondary N) is 1. The molecular formula is C20H29Cl3N2O4. The number of amides is 2. The predicted octanol–water partition coefficient (Wildman–Crippen LogP) is 4.15. The van der Waals surface area contributed by atoms with E-state index in [1.165, 1.54) is 13.5 Å². The lowest BCUT2D eigenvalue weighted by Gasteiger charge is -2.29. The molecule has 0 aliphatic carbocycles. The van der Waals surface area contributed by atoms with Crippen LogP contribution in [0.25, 0.3) is 0 Å². The van der Waals surface area contributed by atoms with E-state index in [4.69, 9.17) is 44.3 Å². The molecule has 1 N–H and O–H groups in total. The second-order valence-corrected chi connectivity index (χ2v) is 7.68. The molecule has 1 fully saturated rings. The molecule has 1 unspecified atom stereocenters. The van der Waals surface area contributed by atoms with Crippen LogP contribution >= 0.6 is 34.8 Å². The van der Waals surface area contributed by atoms with Crippen LogP contribution < -0.4 is 10.1 Å². The number of methoxy groups -OCH3 is 2. The fraction of sp³-hybridized carbons (Fsp3) is 0.600. The molecule has 6 nitrogen and oxygen atoms in total. The molecule has 1 saturated heterocycles. The topological polar surface area (TPSA) is 67.9 Å². The van der Waals surface area contributed by atoms with E-state index in [-0.39, 0.29) is 18.4 Å². The van der Waals surface area contributed by atoms with Gasteiger partial charge in [0.2, 0.25) is 5.91 Å². The van der Waals surface area contributed by atoms with Gasteiger partial charge < -0.3 is 19.7 Å². The first kappa shape index (κ1) is 25.8. The molecule has 29 heavy (non-hydrogen) atoms. The van der Waals surface area contributed by atoms with Crippen molar-refractivity contribution in [3.8, 4) is 5.75 Å². The van der Waals surface area contributed by atoms with E-state index in [2.05, 4.69) is 5.32 Å². The Labute approximate surface area is 187 Å². The molecule has 1 aliphatic heterocycles. The van der Waals surface area contributed by atoms with Gasteiger partial charge in [-0.15, -0.1) is 11.6 Å². The van der Waals surface area contributed by atoms with Crippen molar-refractivity contribution in [1.29, 1.82) is 0 Å². The number of ether oxygens (including phenoxy) is 2. The summed E-state index contributed by atoms with van der Waals surface area (Å²) in [6, 6.07) is 5.13. The largest absolute Gasteiger partial charge is 0.497 e. The van der Waals surface area contributed by atoms with Gasteiger partial charge in [0, 0.05) is 38.6 Å². The van der Waals surface area contributed by atoms with Gasteiger partial charge in [-0.05, 0) is 37.8 Å². The molecule has 2 rings (SSSR count). The van der Waals surface area contributed by atoms with Crippen LogP contribution in [0.15, 0.2) is 18.2 Å². The van der Waals surface area contributed by atoms with Gasteiger partial charge in [0.05, 0.1) is 23.7 Å². The molecule has 0 spiro atoms. The predicted molar refractivity (Wildman–Crippen MR) is 117 cm³/mol. The fourth-order valence-electron chi connectivity index (χ4n) is 2.72. The van der Waals surface area contributed by atoms with Crippen LogP contribution in [-0.4, -0.2) is 62.6 Å². The zero-order chi connectivity index (χ0) is 21.6. The van der Waals surface area contributed by atoms with Crippen LogP contribution in [0.4, 0.5) is 0 Å². The SMILES string of the molecule is COC(CNC(=O)CCCCl)C(=O)N1CCCCC1.COc1ccc(Cl)c(Cl)c1. The second-order valence-electron chi connectivity index (χ2n) is 6.49. The van der Waals surface area contributed by atoms with E-state index in [0.717, 1.165) is 31.7 Å². The molecule has 0 aromatic heterocycles. The number of rotatable bonds is 8. The lowest BCUT2D eigenvalue weighted by molar-refractivity contribution is -0.142. The zero-order valence-electron chi connectivity index (χ0n) is 16.9. The highest BCUT2D eigenvalue weighted by molar-refractivity contribution is 6.42. The summed E-state index contributed by atoms with van der Waals surface area (Å²) < 4.78 is 10.1. The number of alkyl halides is 1. The normalized spacial score (nSPS) is 14.4. The molecule has 0 saturated carbocycles. The number of hydrogen-bond donors (Lipinski definition) is 1. The van der Waals surface area contributed by atoms with Crippen molar-refractivity contribution in [2.24, 2.45) is 0 Å². The first-order valence-corrected chi connectivity index (χ1v) is 10.8. The minimum absolute atomic E-state index is 0.0279. The van der Waals surface area contributed by atoms with E-state index in [9.17, 15) is 9.59 Å². The highest BCUT2D eigenvalue weighted by Crippen LogP contribution is 2.25. The van der Waals surface area contributed by atoms with Gasteiger partial charge >= 0.3 is 0 Å². The van der Waals surface area contributed by atoms with Gasteiger partial charge in [-0.2, -0.15) is 0 Å². The Morgan fingerprint density at radius 3 is 2.38 bits per heavy atom. The van der Waals surface area contributed by atoms with Crippen LogP contribution in [0.2, 0.25) is 10.0 Å². The van der Waals surface area contributed by atoms with Crippen molar-refractivity contribution in [1.82, 2.24) is 10.2 Å². The number of carbonyl (C=O) groups excluding carboxylic acids is 2. The van der Waals surface area contributed by atoms with E-state index in [1.807, 2.05) is 4.90 Å². The zero-order valence-corrected chi connectivity index (χ0v) is 19.2. The third kappa shape index (κ3) is 9.90. The summed E-state index contributed by atoms with van der Waals surface area (Å²) in [5.74, 6) is 1.07. The lowest BCUT2D eigenvalue weighted by atomic mass is 10.1. The van der Waals surface area contributed by atoms with E-state index >= 15 is 0 Å². The first-order valence-electron chi connectivity index (χ1n) is 9.56. The van der Waals surface area contributed by atoms with Gasteiger partial charge in [-0.25, -0.2) is 0 Å². The highest BCUT2D eigenvalue weighted by Gasteiger charge is 2.25. The molecule has 9 heteroatoms. The van der Waals surface area contributed by atoms with Gasteiger partial charge in [0.25, 0.3) is 5.91 Å². The van der Waals surface area contributed by atoms with Gasteiger partial charge in [0.1, 0.15) is 5.75 Å². The average Bonchev–Trinajstić information content (AvgIpc) is 2.75. The van der Waals surface area contributed by atoms with Crippen molar-refractivity contribution in [3.63, 3.8) is 0 Å². The number of piperidine rings is 1. The molecule has 164 valence electrons. The molecule has 1 heterocycles. The van der Waals surface area contributed by atoms with Gasteiger partial charge in [-0.1, -0.05) is 23.2 Å². The summed E-state index contributed by atoms with van der Waals surface area (Å²) in [4.78, 5) is 25.5. The minimum Gasteiger partial charge on any atom is -0.497 e.